The summed E-state index contributed by atoms with van der Waals surface area (Å²) in [5.74, 6) is 6.12. The number of thioether (sulfide) groups is 7. The molecule has 0 aliphatic carbocycles. The van der Waals surface area contributed by atoms with E-state index in [4.69, 9.17) is 0 Å². The van der Waals surface area contributed by atoms with E-state index < -0.39 is 0 Å². The lowest BCUT2D eigenvalue weighted by Gasteiger charge is -2.19. The smallest absolute Gasteiger partial charge is 0.214 e. The first-order valence-corrected chi connectivity index (χ1v) is 18.7. The van der Waals surface area contributed by atoms with Crippen molar-refractivity contribution in [2.45, 2.75) is 38.2 Å². The minimum absolute atomic E-state index is 0.00684. The van der Waals surface area contributed by atoms with Crippen LogP contribution in [0.2, 0.25) is 0 Å². The van der Waals surface area contributed by atoms with Gasteiger partial charge in [0.2, 0.25) is 20.5 Å². The Balaban J connectivity index is 4.89. The summed E-state index contributed by atoms with van der Waals surface area (Å²) >= 11 is 10.5. The summed E-state index contributed by atoms with van der Waals surface area (Å²) in [7, 11) is 0. The van der Waals surface area contributed by atoms with Crippen molar-refractivity contribution in [2.75, 3.05) is 46.0 Å². The van der Waals surface area contributed by atoms with Gasteiger partial charge in [0.25, 0.3) is 0 Å². The zero-order valence-electron chi connectivity index (χ0n) is 22.1. The molecule has 0 fully saturated rings. The second-order valence-electron chi connectivity index (χ2n) is 8.11. The molecule has 0 amide bonds. The number of hydrogen-bond donors (Lipinski definition) is 0. The minimum atomic E-state index is 0.00684. The second kappa shape index (κ2) is 21.9. The van der Waals surface area contributed by atoms with E-state index in [9.17, 15) is 19.2 Å². The summed E-state index contributed by atoms with van der Waals surface area (Å²) in [4.78, 5) is 47.7. The van der Waals surface area contributed by atoms with E-state index >= 15 is 0 Å². The molecule has 0 aromatic heterocycles. The predicted octanol–water partition coefficient (Wildman–Crippen LogP) is 7.27. The van der Waals surface area contributed by atoms with Crippen molar-refractivity contribution >= 4 is 103 Å². The summed E-state index contributed by atoms with van der Waals surface area (Å²) in [6.45, 7) is 21.7. The van der Waals surface area contributed by atoms with Crippen molar-refractivity contribution < 1.29 is 19.2 Å². The maximum absolute atomic E-state index is 12.1. The minimum Gasteiger partial charge on any atom is -0.282 e. The molecule has 0 aromatic carbocycles. The maximum atomic E-state index is 12.1. The van der Waals surface area contributed by atoms with Crippen molar-refractivity contribution in [1.29, 1.82) is 0 Å². The molecule has 2 atom stereocenters. The molecule has 0 aliphatic rings. The van der Waals surface area contributed by atoms with Crippen LogP contribution < -0.4 is 0 Å². The molecular formula is C26H38O4S7. The number of carbonyl (C=O) groups is 4. The van der Waals surface area contributed by atoms with E-state index in [0.29, 0.717) is 45.3 Å². The van der Waals surface area contributed by atoms with E-state index in [1.807, 2.05) is 11.8 Å². The van der Waals surface area contributed by atoms with Crippen LogP contribution in [-0.4, -0.2) is 77.0 Å². The largest absolute Gasteiger partial charge is 0.282 e. The second-order valence-corrected chi connectivity index (χ2v) is 16.1. The Bertz CT molecular complexity index is 786. The van der Waals surface area contributed by atoms with Crippen LogP contribution >= 0.6 is 82.3 Å². The van der Waals surface area contributed by atoms with Gasteiger partial charge in [-0.1, -0.05) is 73.4 Å². The standard InChI is InChI=1S/C26H38O4S7/c1-17(2)23(27)34-11-9-32-21(15-36-25(29)19(5)6)13-31-14-22(16-37-26(30)20(7)8)33-10-12-35-24(28)18(3)4/h21-22H,1,3,5,7,9-16H2,2,4,6,8H3. The van der Waals surface area contributed by atoms with Gasteiger partial charge in [0.05, 0.1) is 0 Å². The molecule has 0 saturated carbocycles. The summed E-state index contributed by atoms with van der Waals surface area (Å²) in [6, 6.07) is 0. The Morgan fingerprint density at radius 1 is 0.486 bits per heavy atom. The van der Waals surface area contributed by atoms with E-state index in [-0.39, 0.29) is 31.0 Å². The van der Waals surface area contributed by atoms with Gasteiger partial charge in [-0.3, -0.25) is 19.2 Å². The molecule has 0 heterocycles. The van der Waals surface area contributed by atoms with Crippen LogP contribution in [0.4, 0.5) is 0 Å². The molecule has 37 heavy (non-hydrogen) atoms. The van der Waals surface area contributed by atoms with Crippen LogP contribution in [0.5, 0.6) is 0 Å². The Morgan fingerprint density at radius 2 is 0.784 bits per heavy atom. The van der Waals surface area contributed by atoms with Crippen molar-refractivity contribution in [1.82, 2.24) is 0 Å². The molecule has 0 saturated heterocycles. The number of carbonyl (C=O) groups excluding carboxylic acids is 4. The summed E-state index contributed by atoms with van der Waals surface area (Å²) in [5, 5.41) is 0.543. The van der Waals surface area contributed by atoms with Crippen LogP contribution in [0.1, 0.15) is 27.7 Å². The highest BCUT2D eigenvalue weighted by atomic mass is 32.2. The van der Waals surface area contributed by atoms with Crippen LogP contribution in [0.3, 0.4) is 0 Å². The molecule has 0 N–H and O–H groups in total. The van der Waals surface area contributed by atoms with Gasteiger partial charge in [0.15, 0.2) is 0 Å². The van der Waals surface area contributed by atoms with Crippen LogP contribution in [-0.2, 0) is 19.2 Å². The Labute approximate surface area is 253 Å². The molecule has 0 aromatic rings. The van der Waals surface area contributed by atoms with E-state index in [2.05, 4.69) is 26.3 Å². The molecule has 208 valence electrons. The zero-order valence-corrected chi connectivity index (χ0v) is 27.8. The molecule has 0 rings (SSSR count). The predicted molar refractivity (Wildman–Crippen MR) is 179 cm³/mol. The Hall–Kier alpha value is 0.0900. The molecule has 4 nitrogen and oxygen atoms in total. The molecular weight excluding hydrogens is 601 g/mol. The van der Waals surface area contributed by atoms with Crippen LogP contribution in [0.15, 0.2) is 48.6 Å². The van der Waals surface area contributed by atoms with E-state index in [1.54, 1.807) is 51.2 Å². The van der Waals surface area contributed by atoms with Gasteiger partial charge in [-0.25, -0.2) is 0 Å². The van der Waals surface area contributed by atoms with Gasteiger partial charge in [0.1, 0.15) is 0 Å². The van der Waals surface area contributed by atoms with Gasteiger partial charge in [-0.05, 0) is 50.0 Å². The topological polar surface area (TPSA) is 68.3 Å². The molecule has 11 heteroatoms. The monoisotopic (exact) mass is 638 g/mol. The quantitative estimate of drug-likeness (QED) is 0.0999. The van der Waals surface area contributed by atoms with Crippen LogP contribution in [0, 0.1) is 0 Å². The lowest BCUT2D eigenvalue weighted by Crippen LogP contribution is -2.18. The average molecular weight is 639 g/mol. The highest BCUT2D eigenvalue weighted by Crippen LogP contribution is 2.28. The molecule has 0 aliphatic heterocycles. The Morgan fingerprint density at radius 3 is 1.08 bits per heavy atom. The normalized spacial score (nSPS) is 12.4. The van der Waals surface area contributed by atoms with Gasteiger partial charge in [0, 0.05) is 56.5 Å². The fourth-order valence-corrected chi connectivity index (χ4v) is 10.2. The third kappa shape index (κ3) is 19.7. The third-order valence-electron chi connectivity index (χ3n) is 4.14. The molecule has 0 radical (unpaired) electrons. The lowest BCUT2D eigenvalue weighted by molar-refractivity contribution is -0.108. The van der Waals surface area contributed by atoms with Gasteiger partial charge in [-0.2, -0.15) is 35.3 Å². The molecule has 2 unspecified atom stereocenters. The fourth-order valence-electron chi connectivity index (χ4n) is 2.15. The number of hydrogen-bond acceptors (Lipinski definition) is 11. The van der Waals surface area contributed by atoms with Crippen molar-refractivity contribution in [3.05, 3.63) is 48.6 Å². The van der Waals surface area contributed by atoms with Gasteiger partial charge in [-0.15, -0.1) is 0 Å². The maximum Gasteiger partial charge on any atom is 0.214 e. The first-order valence-electron chi connectivity index (χ1n) is 11.5. The van der Waals surface area contributed by atoms with E-state index in [0.717, 1.165) is 23.0 Å². The van der Waals surface area contributed by atoms with Crippen molar-refractivity contribution in [2.24, 2.45) is 0 Å². The number of rotatable bonds is 20. The van der Waals surface area contributed by atoms with Gasteiger partial charge < -0.3 is 0 Å². The van der Waals surface area contributed by atoms with E-state index in [1.165, 1.54) is 47.0 Å². The Kier molecular flexibility index (Phi) is 21.9. The average Bonchev–Trinajstić information content (AvgIpc) is 2.83. The highest BCUT2D eigenvalue weighted by molar-refractivity contribution is 8.16. The van der Waals surface area contributed by atoms with Crippen molar-refractivity contribution in [3.63, 3.8) is 0 Å². The third-order valence-corrected chi connectivity index (χ3v) is 13.7. The zero-order chi connectivity index (χ0) is 28.4. The SMILES string of the molecule is C=C(C)C(=O)SCCSC(CSCC(CSC(=O)C(=C)C)SCCSC(=O)C(=C)C)CSC(=O)C(=C)C. The summed E-state index contributed by atoms with van der Waals surface area (Å²) < 4.78 is 0. The fraction of sp³-hybridized carbons (Fsp3) is 0.538. The van der Waals surface area contributed by atoms with Gasteiger partial charge >= 0.3 is 0 Å². The first-order chi connectivity index (χ1) is 17.3. The highest BCUT2D eigenvalue weighted by Gasteiger charge is 2.18. The van der Waals surface area contributed by atoms with Crippen LogP contribution in [0.25, 0.3) is 0 Å². The first kappa shape index (κ1) is 37.1. The summed E-state index contributed by atoms with van der Waals surface area (Å²) in [6.07, 6.45) is 0. The lowest BCUT2D eigenvalue weighted by atomic mass is 10.4. The molecule has 0 spiro atoms. The van der Waals surface area contributed by atoms with Crippen molar-refractivity contribution in [3.8, 4) is 0 Å². The molecule has 0 bridgehead atoms. The summed E-state index contributed by atoms with van der Waals surface area (Å²) in [5.41, 5.74) is 2.20.